The predicted molar refractivity (Wildman–Crippen MR) is 62.2 cm³/mol. The normalized spacial score (nSPS) is 12.8. The highest BCUT2D eigenvalue weighted by Gasteiger charge is 2.20. The number of furan rings is 1. The number of hydrogen-bond acceptors (Lipinski definition) is 1. The second kappa shape index (κ2) is 4.49. The van der Waals surface area contributed by atoms with E-state index in [1.54, 1.807) is 13.0 Å². The minimum atomic E-state index is -0.746. The van der Waals surface area contributed by atoms with Crippen LogP contribution in [0, 0.1) is 25.5 Å². The monoisotopic (exact) mass is 256 g/mol. The van der Waals surface area contributed by atoms with Crippen LogP contribution in [0.1, 0.15) is 27.8 Å². The minimum Gasteiger partial charge on any atom is -0.469 e. The Labute approximate surface area is 103 Å². The van der Waals surface area contributed by atoms with Gasteiger partial charge in [-0.15, -0.1) is 11.6 Å². The number of hydrogen-bond donors (Lipinski definition) is 0. The maximum absolute atomic E-state index is 13.7. The van der Waals surface area contributed by atoms with Gasteiger partial charge < -0.3 is 4.42 Å². The molecule has 0 aliphatic rings. The Kier molecular flexibility index (Phi) is 3.20. The summed E-state index contributed by atoms with van der Waals surface area (Å²) in [7, 11) is 0. The van der Waals surface area contributed by atoms with Crippen molar-refractivity contribution < 1.29 is 13.2 Å². The first-order chi connectivity index (χ1) is 8.00. The molecule has 1 atom stereocenters. The van der Waals surface area contributed by atoms with Gasteiger partial charge >= 0.3 is 0 Å². The first kappa shape index (κ1) is 12.1. The van der Waals surface area contributed by atoms with Crippen LogP contribution in [-0.4, -0.2) is 0 Å². The maximum Gasteiger partial charge on any atom is 0.128 e. The van der Waals surface area contributed by atoms with Crippen LogP contribution in [0.25, 0.3) is 0 Å². The lowest BCUT2D eigenvalue weighted by Crippen LogP contribution is -2.00. The highest BCUT2D eigenvalue weighted by Crippen LogP contribution is 2.33. The molecule has 90 valence electrons. The van der Waals surface area contributed by atoms with E-state index in [0.29, 0.717) is 11.3 Å². The van der Waals surface area contributed by atoms with Crippen LogP contribution in [0.5, 0.6) is 0 Å². The van der Waals surface area contributed by atoms with Crippen LogP contribution >= 0.6 is 11.6 Å². The molecule has 0 aliphatic heterocycles. The van der Waals surface area contributed by atoms with E-state index in [0.717, 1.165) is 12.1 Å². The lowest BCUT2D eigenvalue weighted by atomic mass is 10.0. The molecule has 0 spiro atoms. The summed E-state index contributed by atoms with van der Waals surface area (Å²) in [6.07, 6.45) is 1.47. The second-order valence-electron chi connectivity index (χ2n) is 3.92. The number of benzene rings is 1. The molecule has 17 heavy (non-hydrogen) atoms. The maximum atomic E-state index is 13.7. The predicted octanol–water partition coefficient (Wildman–Crippen LogP) is 4.50. The van der Waals surface area contributed by atoms with E-state index in [1.165, 1.54) is 13.2 Å². The van der Waals surface area contributed by atoms with E-state index in [-0.39, 0.29) is 11.1 Å². The Balaban J connectivity index is 2.48. The first-order valence-electron chi connectivity index (χ1n) is 5.14. The van der Waals surface area contributed by atoms with Gasteiger partial charge in [0.2, 0.25) is 0 Å². The SMILES string of the molecule is Cc1cc(F)c(C(Cl)c2ccoc2C)cc1F. The molecule has 0 radical (unpaired) electrons. The molecular formula is C13H11ClF2O. The molecule has 1 heterocycles. The summed E-state index contributed by atoms with van der Waals surface area (Å²) < 4.78 is 32.2. The van der Waals surface area contributed by atoms with Crippen LogP contribution in [0.3, 0.4) is 0 Å². The molecule has 1 aromatic heterocycles. The molecule has 0 aliphatic carbocycles. The zero-order valence-corrected chi connectivity index (χ0v) is 10.2. The zero-order chi connectivity index (χ0) is 12.6. The van der Waals surface area contributed by atoms with E-state index in [2.05, 4.69) is 0 Å². The van der Waals surface area contributed by atoms with E-state index < -0.39 is 17.0 Å². The van der Waals surface area contributed by atoms with Crippen molar-refractivity contribution in [2.24, 2.45) is 0 Å². The molecule has 0 saturated carbocycles. The van der Waals surface area contributed by atoms with Crippen molar-refractivity contribution in [3.05, 3.63) is 58.5 Å². The fourth-order valence-electron chi connectivity index (χ4n) is 1.68. The molecule has 1 nitrogen and oxygen atoms in total. The lowest BCUT2D eigenvalue weighted by molar-refractivity contribution is 0.529. The molecule has 2 rings (SSSR count). The average molecular weight is 257 g/mol. The van der Waals surface area contributed by atoms with E-state index in [1.807, 2.05) is 0 Å². The Hall–Kier alpha value is -1.35. The van der Waals surface area contributed by atoms with E-state index in [4.69, 9.17) is 16.0 Å². The van der Waals surface area contributed by atoms with Crippen molar-refractivity contribution in [3.8, 4) is 0 Å². The van der Waals surface area contributed by atoms with Crippen molar-refractivity contribution in [2.75, 3.05) is 0 Å². The quantitative estimate of drug-likeness (QED) is 0.721. The summed E-state index contributed by atoms with van der Waals surface area (Å²) in [5, 5.41) is -0.746. The first-order valence-corrected chi connectivity index (χ1v) is 5.58. The van der Waals surface area contributed by atoms with Crippen molar-refractivity contribution >= 4 is 11.6 Å². The molecular weight excluding hydrogens is 246 g/mol. The van der Waals surface area contributed by atoms with Crippen molar-refractivity contribution in [1.29, 1.82) is 0 Å². The van der Waals surface area contributed by atoms with Crippen LogP contribution < -0.4 is 0 Å². The Morgan fingerprint density at radius 3 is 2.41 bits per heavy atom. The Morgan fingerprint density at radius 2 is 1.82 bits per heavy atom. The zero-order valence-electron chi connectivity index (χ0n) is 9.43. The summed E-state index contributed by atoms with van der Waals surface area (Å²) in [6, 6.07) is 3.94. The van der Waals surface area contributed by atoms with Crippen molar-refractivity contribution in [3.63, 3.8) is 0 Å². The average Bonchev–Trinajstić information content (AvgIpc) is 2.69. The van der Waals surface area contributed by atoms with Gasteiger partial charge in [-0.1, -0.05) is 0 Å². The summed E-state index contributed by atoms with van der Waals surface area (Å²) in [5.41, 5.74) is 1.03. The van der Waals surface area contributed by atoms with Gasteiger partial charge in [0.1, 0.15) is 17.4 Å². The molecule has 2 aromatic rings. The number of alkyl halides is 1. The fraction of sp³-hybridized carbons (Fsp3) is 0.231. The van der Waals surface area contributed by atoms with Crippen LogP contribution in [-0.2, 0) is 0 Å². The third-order valence-electron chi connectivity index (χ3n) is 2.72. The second-order valence-corrected chi connectivity index (χ2v) is 4.35. The molecule has 0 N–H and O–H groups in total. The standard InChI is InChI=1S/C13H11ClF2O/c1-7-5-12(16)10(6-11(7)15)13(14)9-3-4-17-8(9)2/h3-6,13H,1-2H3. The molecule has 0 saturated heterocycles. The minimum absolute atomic E-state index is 0.124. The van der Waals surface area contributed by atoms with E-state index >= 15 is 0 Å². The summed E-state index contributed by atoms with van der Waals surface area (Å²) in [5.74, 6) is -0.372. The van der Waals surface area contributed by atoms with Crippen molar-refractivity contribution in [1.82, 2.24) is 0 Å². The molecule has 1 aromatic carbocycles. The molecule has 0 amide bonds. The molecule has 4 heteroatoms. The highest BCUT2D eigenvalue weighted by molar-refractivity contribution is 6.22. The van der Waals surface area contributed by atoms with Crippen LogP contribution in [0.2, 0.25) is 0 Å². The molecule has 0 fully saturated rings. The smallest absolute Gasteiger partial charge is 0.128 e. The van der Waals surface area contributed by atoms with Gasteiger partial charge in [-0.05, 0) is 37.6 Å². The number of aryl methyl sites for hydroxylation is 2. The van der Waals surface area contributed by atoms with Gasteiger partial charge in [-0.25, -0.2) is 8.78 Å². The summed E-state index contributed by atoms with van der Waals surface area (Å²) in [4.78, 5) is 0. The van der Waals surface area contributed by atoms with Crippen LogP contribution in [0.4, 0.5) is 8.78 Å². The topological polar surface area (TPSA) is 13.1 Å². The number of halogens is 3. The molecule has 1 unspecified atom stereocenters. The Morgan fingerprint density at radius 1 is 1.12 bits per heavy atom. The van der Waals surface area contributed by atoms with Gasteiger partial charge in [0.25, 0.3) is 0 Å². The van der Waals surface area contributed by atoms with Gasteiger partial charge in [0, 0.05) is 11.1 Å². The molecule has 0 bridgehead atoms. The van der Waals surface area contributed by atoms with Gasteiger partial charge in [-0.2, -0.15) is 0 Å². The van der Waals surface area contributed by atoms with Gasteiger partial charge in [0.05, 0.1) is 11.6 Å². The highest BCUT2D eigenvalue weighted by atomic mass is 35.5. The summed E-state index contributed by atoms with van der Waals surface area (Å²) in [6.45, 7) is 3.24. The van der Waals surface area contributed by atoms with Gasteiger partial charge in [0.15, 0.2) is 0 Å². The Bertz CT molecular complexity index is 548. The summed E-state index contributed by atoms with van der Waals surface area (Å²) >= 11 is 6.14. The van der Waals surface area contributed by atoms with Crippen LogP contribution in [0.15, 0.2) is 28.9 Å². The number of rotatable bonds is 2. The van der Waals surface area contributed by atoms with Crippen molar-refractivity contribution in [2.45, 2.75) is 19.2 Å². The fourth-order valence-corrected chi connectivity index (χ4v) is 2.07. The third-order valence-corrected chi connectivity index (χ3v) is 3.19. The van der Waals surface area contributed by atoms with Gasteiger partial charge in [-0.3, -0.25) is 0 Å². The lowest BCUT2D eigenvalue weighted by Gasteiger charge is -2.11. The third kappa shape index (κ3) is 2.20. The largest absolute Gasteiger partial charge is 0.469 e. The van der Waals surface area contributed by atoms with E-state index in [9.17, 15) is 8.78 Å².